The smallest absolute Gasteiger partial charge is 0.269 e. The number of likely N-dealkylation sites (tertiary alicyclic amines) is 1. The van der Waals surface area contributed by atoms with Crippen molar-refractivity contribution < 1.29 is 18.0 Å². The van der Waals surface area contributed by atoms with E-state index in [1.54, 1.807) is 12.1 Å². The molecule has 0 aliphatic carbocycles. The molecule has 2 heterocycles. The van der Waals surface area contributed by atoms with Crippen molar-refractivity contribution in [2.75, 3.05) is 19.6 Å². The summed E-state index contributed by atoms with van der Waals surface area (Å²) in [5.74, 6) is -1.12. The number of nitrogens with one attached hydrogen (secondary N) is 1. The Morgan fingerprint density at radius 2 is 1.81 bits per heavy atom. The van der Waals surface area contributed by atoms with Crippen molar-refractivity contribution in [3.8, 4) is 0 Å². The van der Waals surface area contributed by atoms with Crippen molar-refractivity contribution in [2.45, 2.75) is 56.5 Å². The average molecular weight is 394 g/mol. The quantitative estimate of drug-likeness (QED) is 0.821. The van der Waals surface area contributed by atoms with Crippen LogP contribution in [0.25, 0.3) is 0 Å². The molecule has 1 fully saturated rings. The minimum absolute atomic E-state index is 0.0396. The summed E-state index contributed by atoms with van der Waals surface area (Å²) >= 11 is 0. The molecular formula is C19H27N3O4S. The largest absolute Gasteiger partial charge is 0.348 e. The molecule has 1 atom stereocenters. The van der Waals surface area contributed by atoms with Crippen LogP contribution in [0, 0.1) is 0 Å². The van der Waals surface area contributed by atoms with Gasteiger partial charge in [-0.3, -0.25) is 9.59 Å². The van der Waals surface area contributed by atoms with Gasteiger partial charge in [-0.1, -0.05) is 18.6 Å². The first-order valence-corrected chi connectivity index (χ1v) is 10.8. The van der Waals surface area contributed by atoms with Gasteiger partial charge in [-0.25, -0.2) is 12.7 Å². The Labute approximate surface area is 160 Å². The highest BCUT2D eigenvalue weighted by Crippen LogP contribution is 2.31. The zero-order valence-corrected chi connectivity index (χ0v) is 16.9. The molecule has 0 radical (unpaired) electrons. The number of hydrogen-bond donors (Lipinski definition) is 1. The number of rotatable bonds is 5. The Morgan fingerprint density at radius 1 is 1.19 bits per heavy atom. The van der Waals surface area contributed by atoms with E-state index in [4.69, 9.17) is 0 Å². The lowest BCUT2D eigenvalue weighted by atomic mass is 10.0. The summed E-state index contributed by atoms with van der Waals surface area (Å²) in [6, 6.07) is 4.94. The lowest BCUT2D eigenvalue weighted by molar-refractivity contribution is -0.125. The van der Waals surface area contributed by atoms with Gasteiger partial charge in [0.05, 0.1) is 5.56 Å². The molecule has 0 unspecified atom stereocenters. The Balaban J connectivity index is 1.73. The number of amides is 2. The molecule has 1 N–H and O–H groups in total. The molecule has 27 heavy (non-hydrogen) atoms. The predicted octanol–water partition coefficient (Wildman–Crippen LogP) is 1.60. The molecule has 0 bridgehead atoms. The second kappa shape index (κ2) is 7.24. The molecule has 2 aliphatic heterocycles. The zero-order chi connectivity index (χ0) is 19.8. The first-order chi connectivity index (χ1) is 12.6. The monoisotopic (exact) mass is 393 g/mol. The van der Waals surface area contributed by atoms with Gasteiger partial charge in [-0.05, 0) is 58.8 Å². The lowest BCUT2D eigenvalue weighted by Gasteiger charge is -2.36. The molecule has 1 saturated heterocycles. The second-order valence-electron chi connectivity index (χ2n) is 7.99. The zero-order valence-electron chi connectivity index (χ0n) is 16.1. The second-order valence-corrected chi connectivity index (χ2v) is 9.77. The molecule has 148 valence electrons. The summed E-state index contributed by atoms with van der Waals surface area (Å²) < 4.78 is 26.2. The maximum atomic E-state index is 12.8. The summed E-state index contributed by atoms with van der Waals surface area (Å²) in [7, 11) is -4.01. The standard InChI is InChI=1S/C19H27N3O4S/c1-14(17(23)20-19(2,3)13-21-11-7-4-8-12-21)22-18(24)15-9-5-6-10-16(15)27(22,25)26/h5-6,9-10,14H,4,7-8,11-13H2,1-3H3,(H,20,23)/t14-/m0/s1. The van der Waals surface area contributed by atoms with Crippen LogP contribution < -0.4 is 5.32 Å². The minimum atomic E-state index is -4.01. The van der Waals surface area contributed by atoms with Crippen LogP contribution in [0.15, 0.2) is 29.2 Å². The van der Waals surface area contributed by atoms with Gasteiger partial charge in [-0.15, -0.1) is 0 Å². The summed E-state index contributed by atoms with van der Waals surface area (Å²) in [4.78, 5) is 27.7. The molecule has 0 saturated carbocycles. The molecule has 2 amide bonds. The number of nitrogens with zero attached hydrogens (tertiary/aromatic N) is 2. The molecule has 7 nitrogen and oxygen atoms in total. The van der Waals surface area contributed by atoms with E-state index >= 15 is 0 Å². The van der Waals surface area contributed by atoms with E-state index in [0.717, 1.165) is 25.9 Å². The highest BCUT2D eigenvalue weighted by Gasteiger charge is 2.46. The fourth-order valence-electron chi connectivity index (χ4n) is 3.85. The van der Waals surface area contributed by atoms with Crippen LogP contribution in [0.4, 0.5) is 0 Å². The Morgan fingerprint density at radius 3 is 2.44 bits per heavy atom. The van der Waals surface area contributed by atoms with E-state index in [1.807, 2.05) is 13.8 Å². The number of carbonyl (C=O) groups is 2. The van der Waals surface area contributed by atoms with E-state index in [1.165, 1.54) is 25.5 Å². The molecule has 0 aromatic heterocycles. The number of hydrogen-bond acceptors (Lipinski definition) is 5. The van der Waals surface area contributed by atoms with Crippen LogP contribution in [0.3, 0.4) is 0 Å². The Kier molecular flexibility index (Phi) is 5.31. The van der Waals surface area contributed by atoms with Crippen molar-refractivity contribution in [1.29, 1.82) is 0 Å². The maximum Gasteiger partial charge on any atom is 0.269 e. The Bertz CT molecular complexity index is 844. The van der Waals surface area contributed by atoms with Gasteiger partial charge in [0.1, 0.15) is 10.9 Å². The first kappa shape index (κ1) is 19.8. The predicted molar refractivity (Wildman–Crippen MR) is 102 cm³/mol. The van der Waals surface area contributed by atoms with E-state index in [2.05, 4.69) is 10.2 Å². The highest BCUT2D eigenvalue weighted by atomic mass is 32.2. The van der Waals surface area contributed by atoms with Gasteiger partial charge >= 0.3 is 0 Å². The van der Waals surface area contributed by atoms with Gasteiger partial charge in [0.25, 0.3) is 15.9 Å². The van der Waals surface area contributed by atoms with E-state index in [0.29, 0.717) is 10.8 Å². The summed E-state index contributed by atoms with van der Waals surface area (Å²) in [6.07, 6.45) is 3.54. The van der Waals surface area contributed by atoms with Gasteiger partial charge in [0, 0.05) is 12.1 Å². The summed E-state index contributed by atoms with van der Waals surface area (Å²) in [5.41, 5.74) is -0.410. The van der Waals surface area contributed by atoms with Crippen molar-refractivity contribution >= 4 is 21.8 Å². The lowest BCUT2D eigenvalue weighted by Crippen LogP contribution is -2.57. The van der Waals surface area contributed by atoms with Crippen LogP contribution in [0.1, 0.15) is 50.4 Å². The van der Waals surface area contributed by atoms with Crippen LogP contribution >= 0.6 is 0 Å². The molecule has 1 aromatic rings. The van der Waals surface area contributed by atoms with Crippen LogP contribution in [0.5, 0.6) is 0 Å². The van der Waals surface area contributed by atoms with Crippen molar-refractivity contribution in [2.24, 2.45) is 0 Å². The fraction of sp³-hybridized carbons (Fsp3) is 0.579. The summed E-state index contributed by atoms with van der Waals surface area (Å²) in [5, 5.41) is 2.93. The molecular weight excluding hydrogens is 366 g/mol. The van der Waals surface area contributed by atoms with E-state index in [9.17, 15) is 18.0 Å². The Hall–Kier alpha value is -1.93. The normalized spacial score (nSPS) is 21.0. The van der Waals surface area contributed by atoms with Gasteiger partial charge in [0.2, 0.25) is 5.91 Å². The van der Waals surface area contributed by atoms with Crippen molar-refractivity contribution in [1.82, 2.24) is 14.5 Å². The number of sulfonamides is 1. The maximum absolute atomic E-state index is 12.8. The van der Waals surface area contributed by atoms with Crippen molar-refractivity contribution in [3.05, 3.63) is 29.8 Å². The topological polar surface area (TPSA) is 86.8 Å². The SMILES string of the molecule is C[C@@H](C(=O)NC(C)(C)CN1CCCCC1)N1C(=O)c2ccccc2S1(=O)=O. The molecule has 2 aliphatic rings. The van der Waals surface area contributed by atoms with Gasteiger partial charge in [-0.2, -0.15) is 0 Å². The first-order valence-electron chi connectivity index (χ1n) is 9.36. The van der Waals surface area contributed by atoms with Crippen LogP contribution in [-0.2, 0) is 14.8 Å². The molecule has 0 spiro atoms. The van der Waals surface area contributed by atoms with Crippen LogP contribution in [-0.4, -0.2) is 60.7 Å². The summed E-state index contributed by atoms with van der Waals surface area (Å²) in [6.45, 7) is 7.98. The number of benzene rings is 1. The third-order valence-electron chi connectivity index (χ3n) is 5.11. The third-order valence-corrected chi connectivity index (χ3v) is 7.03. The average Bonchev–Trinajstić information content (AvgIpc) is 2.81. The molecule has 3 rings (SSSR count). The third kappa shape index (κ3) is 3.87. The number of piperidine rings is 1. The molecule has 1 aromatic carbocycles. The van der Waals surface area contributed by atoms with Gasteiger partial charge in [0.15, 0.2) is 0 Å². The van der Waals surface area contributed by atoms with E-state index < -0.39 is 33.4 Å². The molecule has 8 heteroatoms. The number of carbonyl (C=O) groups excluding carboxylic acids is 2. The number of fused-ring (bicyclic) bond motifs is 1. The minimum Gasteiger partial charge on any atom is -0.348 e. The van der Waals surface area contributed by atoms with Crippen molar-refractivity contribution in [3.63, 3.8) is 0 Å². The van der Waals surface area contributed by atoms with Gasteiger partial charge < -0.3 is 10.2 Å². The van der Waals surface area contributed by atoms with E-state index in [-0.39, 0.29) is 10.5 Å². The highest BCUT2D eigenvalue weighted by molar-refractivity contribution is 7.90. The fourth-order valence-corrected chi connectivity index (χ4v) is 5.57. The van der Waals surface area contributed by atoms with Crippen LogP contribution in [0.2, 0.25) is 0 Å².